The summed E-state index contributed by atoms with van der Waals surface area (Å²) in [7, 11) is 3.35. The number of amides is 4. The Morgan fingerprint density at radius 3 is 2.36 bits per heavy atom. The Morgan fingerprint density at radius 2 is 1.66 bits per heavy atom. The minimum absolute atomic E-state index is 0.0420. The molecule has 0 bridgehead atoms. The van der Waals surface area contributed by atoms with Gasteiger partial charge in [0.2, 0.25) is 23.7 Å². The van der Waals surface area contributed by atoms with Gasteiger partial charge in [-0.15, -0.1) is 0 Å². The number of imide groups is 1. The van der Waals surface area contributed by atoms with Crippen molar-refractivity contribution in [3.05, 3.63) is 59.8 Å². The summed E-state index contributed by atoms with van der Waals surface area (Å²) in [5.74, 6) is 1.45. The van der Waals surface area contributed by atoms with Crippen LogP contribution in [0.3, 0.4) is 0 Å². The molecule has 4 aliphatic heterocycles. The number of carbonyl (C=O) groups is 4. The number of carbonyl (C=O) groups excluding carboxylic acids is 4. The second kappa shape index (κ2) is 17.3. The van der Waals surface area contributed by atoms with Crippen LogP contribution in [0, 0.1) is 5.92 Å². The van der Waals surface area contributed by atoms with Gasteiger partial charge in [0.15, 0.2) is 5.82 Å². The van der Waals surface area contributed by atoms with Crippen molar-refractivity contribution in [3.8, 4) is 5.75 Å². The highest BCUT2D eigenvalue weighted by molar-refractivity contribution is 6.04. The molecule has 8 rings (SSSR count). The van der Waals surface area contributed by atoms with Crippen LogP contribution >= 0.6 is 0 Å². The van der Waals surface area contributed by atoms with E-state index in [1.807, 2.05) is 42.3 Å². The van der Waals surface area contributed by atoms with Crippen LogP contribution in [-0.2, 0) is 14.4 Å². The van der Waals surface area contributed by atoms with E-state index in [0.717, 1.165) is 101 Å². The molecule has 2 atom stereocenters. The fourth-order valence-corrected chi connectivity index (χ4v) is 9.46. The number of nitrogens with zero attached hydrogens (tertiary/aromatic N) is 6. The molecule has 2 aromatic carbocycles. The number of rotatable bonds is 11. The number of methoxy groups -OCH3 is 1. The first kappa shape index (κ1) is 39.5. The molecule has 58 heavy (non-hydrogen) atoms. The Hall–Kier alpha value is -5.28. The molecule has 308 valence electrons. The number of hydrogen-bond acceptors (Lipinski definition) is 12. The first-order valence-electron chi connectivity index (χ1n) is 21.0. The molecule has 4 fully saturated rings. The lowest BCUT2D eigenvalue weighted by molar-refractivity contribution is -0.134. The van der Waals surface area contributed by atoms with Crippen LogP contribution in [0.5, 0.6) is 5.75 Å². The normalized spacial score (nSPS) is 22.8. The van der Waals surface area contributed by atoms with Crippen LogP contribution in [0.1, 0.15) is 93.0 Å². The van der Waals surface area contributed by atoms with Crippen molar-refractivity contribution in [1.82, 2.24) is 30.6 Å². The summed E-state index contributed by atoms with van der Waals surface area (Å²) in [6.07, 6.45) is 11.3. The number of fused-ring (bicyclic) bond motifs is 1. The van der Waals surface area contributed by atoms with Crippen LogP contribution in [0.2, 0.25) is 0 Å². The zero-order chi connectivity index (χ0) is 40.3. The third-order valence-electron chi connectivity index (χ3n) is 12.9. The molecule has 15 heteroatoms. The Balaban J connectivity index is 0.792. The molecule has 15 nitrogen and oxygen atoms in total. The van der Waals surface area contributed by atoms with Crippen LogP contribution in [0.15, 0.2) is 48.7 Å². The molecule has 0 radical (unpaired) electrons. The summed E-state index contributed by atoms with van der Waals surface area (Å²) in [6, 6.07) is 13.8. The molecular weight excluding hydrogens is 737 g/mol. The van der Waals surface area contributed by atoms with E-state index in [1.165, 1.54) is 0 Å². The number of piperidine rings is 3. The average molecular weight is 793 g/mol. The molecule has 4 N–H and O–H groups in total. The topological polar surface area (TPSA) is 164 Å². The monoisotopic (exact) mass is 792 g/mol. The van der Waals surface area contributed by atoms with Gasteiger partial charge in [-0.25, -0.2) is 9.99 Å². The molecule has 4 amide bonds. The Kier molecular flexibility index (Phi) is 11.8. The second-order valence-electron chi connectivity index (χ2n) is 16.5. The zero-order valence-corrected chi connectivity index (χ0v) is 33.8. The lowest BCUT2D eigenvalue weighted by atomic mass is 9.90. The summed E-state index contributed by atoms with van der Waals surface area (Å²) < 4.78 is 5.71. The number of aromatic nitrogens is 2. The van der Waals surface area contributed by atoms with Crippen LogP contribution < -0.4 is 35.9 Å². The Labute approximate surface area is 340 Å². The molecular formula is C43H56N10O5. The number of anilines is 5. The van der Waals surface area contributed by atoms with Crippen LogP contribution in [0.25, 0.3) is 0 Å². The molecule has 0 spiro atoms. The second-order valence-corrected chi connectivity index (χ2v) is 16.5. The van der Waals surface area contributed by atoms with Gasteiger partial charge in [-0.3, -0.25) is 29.9 Å². The van der Waals surface area contributed by atoms with Gasteiger partial charge in [0.05, 0.1) is 24.9 Å². The minimum Gasteiger partial charge on any atom is -0.495 e. The first-order chi connectivity index (χ1) is 28.1. The summed E-state index contributed by atoms with van der Waals surface area (Å²) in [5.41, 5.74) is 6.95. The molecule has 3 aromatic rings. The van der Waals surface area contributed by atoms with Crippen molar-refractivity contribution in [1.29, 1.82) is 0 Å². The number of ether oxygens (including phenoxy) is 1. The quantitative estimate of drug-likeness (QED) is 0.197. The van der Waals surface area contributed by atoms with Gasteiger partial charge in [0.1, 0.15) is 17.5 Å². The van der Waals surface area contributed by atoms with Gasteiger partial charge in [-0.05, 0) is 107 Å². The van der Waals surface area contributed by atoms with E-state index in [2.05, 4.69) is 36.2 Å². The van der Waals surface area contributed by atoms with E-state index in [1.54, 1.807) is 37.4 Å². The van der Waals surface area contributed by atoms with Crippen molar-refractivity contribution in [2.45, 2.75) is 95.2 Å². The smallest absolute Gasteiger partial charge is 0.265 e. The van der Waals surface area contributed by atoms with Gasteiger partial charge < -0.3 is 30.1 Å². The highest BCUT2D eigenvalue weighted by Crippen LogP contribution is 2.40. The molecule has 3 saturated heterocycles. The standard InChI is InChI=1S/C43H56N10O5/c1-27-42(57)50(2)36-26-45-43(48-39(36)53(27)33-6-4-5-7-33)46-35-14-10-30(24-37(35)58-3)40(55)49-52-22-18-32(19-23-52)51-20-16-28(17-21-51)25-44-31-11-8-29(9-12-31)34-13-15-38(54)47-41(34)56/h8-12,14,24,26-28,32-34,44H,4-7,13,15-23,25H2,1-3H3,(H,49,55)(H,45,46,48)(H,47,54,56)/t27-,34?/m1/s1. The van der Waals surface area contributed by atoms with Crippen molar-refractivity contribution >= 4 is 52.5 Å². The van der Waals surface area contributed by atoms with Gasteiger partial charge >= 0.3 is 0 Å². The third kappa shape index (κ3) is 8.46. The lowest BCUT2D eigenvalue weighted by Gasteiger charge is -2.42. The molecule has 5 heterocycles. The predicted octanol–water partition coefficient (Wildman–Crippen LogP) is 4.80. The van der Waals surface area contributed by atoms with E-state index in [0.29, 0.717) is 53.4 Å². The SMILES string of the molecule is COc1cc(C(=O)NN2CCC(N3CCC(CNc4ccc(C5CCC(=O)NC5=O)cc4)CC3)CC2)ccc1Nc1ncc2c(n1)N(C1CCCC1)[C@H](C)C(=O)N2C. The van der Waals surface area contributed by atoms with Crippen molar-refractivity contribution in [2.75, 3.05) is 67.3 Å². The number of benzene rings is 2. The zero-order valence-electron chi connectivity index (χ0n) is 33.8. The lowest BCUT2D eigenvalue weighted by Crippen LogP contribution is -2.54. The van der Waals surface area contributed by atoms with Gasteiger partial charge in [0.25, 0.3) is 5.91 Å². The van der Waals surface area contributed by atoms with E-state index in [-0.39, 0.29) is 41.6 Å². The number of likely N-dealkylation sites (tertiary alicyclic amines) is 1. The van der Waals surface area contributed by atoms with E-state index in [4.69, 9.17) is 9.72 Å². The van der Waals surface area contributed by atoms with E-state index < -0.39 is 0 Å². The maximum absolute atomic E-state index is 13.4. The Bertz CT molecular complexity index is 1990. The maximum atomic E-state index is 13.4. The maximum Gasteiger partial charge on any atom is 0.265 e. The number of hydrazine groups is 1. The fraction of sp³-hybridized carbons (Fsp3) is 0.535. The third-order valence-corrected chi connectivity index (χ3v) is 12.9. The largest absolute Gasteiger partial charge is 0.495 e. The van der Waals surface area contributed by atoms with E-state index in [9.17, 15) is 19.2 Å². The summed E-state index contributed by atoms with van der Waals surface area (Å²) in [4.78, 5) is 66.1. The van der Waals surface area contributed by atoms with Gasteiger partial charge in [-0.1, -0.05) is 25.0 Å². The highest BCUT2D eigenvalue weighted by atomic mass is 16.5. The van der Waals surface area contributed by atoms with Gasteiger partial charge in [0, 0.05) is 56.4 Å². The molecule has 1 aliphatic carbocycles. The number of hydrogen-bond donors (Lipinski definition) is 4. The number of nitrogens with one attached hydrogen (secondary N) is 4. The minimum atomic E-state index is -0.304. The number of likely N-dealkylation sites (N-methyl/N-ethyl adjacent to an activating group) is 1. The highest BCUT2D eigenvalue weighted by Gasteiger charge is 2.40. The van der Waals surface area contributed by atoms with Crippen molar-refractivity contribution in [3.63, 3.8) is 0 Å². The summed E-state index contributed by atoms with van der Waals surface area (Å²) in [5, 5.41) is 11.4. The van der Waals surface area contributed by atoms with E-state index >= 15 is 0 Å². The van der Waals surface area contributed by atoms with Crippen LogP contribution in [-0.4, -0.2) is 109 Å². The summed E-state index contributed by atoms with van der Waals surface area (Å²) in [6.45, 7) is 6.59. The molecule has 1 unspecified atom stereocenters. The molecule has 1 saturated carbocycles. The van der Waals surface area contributed by atoms with Crippen LogP contribution in [0.4, 0.5) is 28.8 Å². The average Bonchev–Trinajstić information content (AvgIpc) is 3.78. The van der Waals surface area contributed by atoms with Crippen molar-refractivity contribution < 1.29 is 23.9 Å². The Morgan fingerprint density at radius 1 is 0.914 bits per heavy atom. The predicted molar refractivity (Wildman–Crippen MR) is 222 cm³/mol. The molecule has 5 aliphatic rings. The first-order valence-corrected chi connectivity index (χ1v) is 21.0. The molecule has 1 aromatic heterocycles. The summed E-state index contributed by atoms with van der Waals surface area (Å²) >= 11 is 0. The van der Waals surface area contributed by atoms with Gasteiger partial charge in [-0.2, -0.15) is 4.98 Å². The van der Waals surface area contributed by atoms with Crippen molar-refractivity contribution in [2.24, 2.45) is 5.92 Å². The fourth-order valence-electron chi connectivity index (χ4n) is 9.46.